The van der Waals surface area contributed by atoms with Crippen molar-refractivity contribution in [2.45, 2.75) is 32.3 Å². The van der Waals surface area contributed by atoms with E-state index < -0.39 is 0 Å². The van der Waals surface area contributed by atoms with Crippen LogP contribution in [0.2, 0.25) is 0 Å². The minimum atomic E-state index is -0.386. The Morgan fingerprint density at radius 3 is 2.83 bits per heavy atom. The molecule has 0 amide bonds. The quantitative estimate of drug-likeness (QED) is 0.643. The predicted molar refractivity (Wildman–Crippen MR) is 69.8 cm³/mol. The molecule has 1 aromatic rings. The van der Waals surface area contributed by atoms with Crippen molar-refractivity contribution in [2.24, 2.45) is 0 Å². The summed E-state index contributed by atoms with van der Waals surface area (Å²) in [6, 6.07) is 7.41. The summed E-state index contributed by atoms with van der Waals surface area (Å²) < 4.78 is 10.5. The van der Waals surface area contributed by atoms with Gasteiger partial charge in [-0.2, -0.15) is 0 Å². The standard InChI is InChI=1S/C14H19NO3/c1-2-9-15-11-5-7-12(8-6-11)18-14(16)13-4-3-10-17-13/h5-8,13,15H,2-4,9-10H2,1H3. The zero-order valence-electron chi connectivity index (χ0n) is 10.6. The second-order valence-electron chi connectivity index (χ2n) is 4.37. The van der Waals surface area contributed by atoms with Crippen LogP contribution in [0.5, 0.6) is 5.75 Å². The molecule has 2 rings (SSSR count). The van der Waals surface area contributed by atoms with Crippen LogP contribution in [0.4, 0.5) is 5.69 Å². The number of carbonyl (C=O) groups is 1. The van der Waals surface area contributed by atoms with Gasteiger partial charge in [0.2, 0.25) is 0 Å². The van der Waals surface area contributed by atoms with Crippen molar-refractivity contribution in [1.29, 1.82) is 0 Å². The van der Waals surface area contributed by atoms with E-state index in [-0.39, 0.29) is 12.1 Å². The van der Waals surface area contributed by atoms with Crippen molar-refractivity contribution >= 4 is 11.7 Å². The van der Waals surface area contributed by atoms with Crippen LogP contribution in [0.15, 0.2) is 24.3 Å². The fraction of sp³-hybridized carbons (Fsp3) is 0.500. The molecular formula is C14H19NO3. The Hall–Kier alpha value is -1.55. The van der Waals surface area contributed by atoms with Gasteiger partial charge in [-0.15, -0.1) is 0 Å². The largest absolute Gasteiger partial charge is 0.425 e. The highest BCUT2D eigenvalue weighted by Gasteiger charge is 2.25. The van der Waals surface area contributed by atoms with Crippen LogP contribution in [0.1, 0.15) is 26.2 Å². The second kappa shape index (κ2) is 6.40. The molecular weight excluding hydrogens is 230 g/mol. The molecule has 0 spiro atoms. The normalized spacial score (nSPS) is 18.6. The van der Waals surface area contributed by atoms with Crippen molar-refractivity contribution < 1.29 is 14.3 Å². The Balaban J connectivity index is 1.87. The lowest BCUT2D eigenvalue weighted by Gasteiger charge is -2.10. The number of rotatable bonds is 5. The third-order valence-electron chi connectivity index (χ3n) is 2.84. The molecule has 1 N–H and O–H groups in total. The number of carbonyl (C=O) groups excluding carboxylic acids is 1. The molecule has 1 aliphatic heterocycles. The van der Waals surface area contributed by atoms with Gasteiger partial charge >= 0.3 is 5.97 Å². The SMILES string of the molecule is CCCNc1ccc(OC(=O)C2CCCO2)cc1. The Morgan fingerprint density at radius 2 is 2.22 bits per heavy atom. The number of benzene rings is 1. The van der Waals surface area contributed by atoms with Crippen molar-refractivity contribution in [3.05, 3.63) is 24.3 Å². The zero-order chi connectivity index (χ0) is 12.8. The first kappa shape index (κ1) is 12.9. The third-order valence-corrected chi connectivity index (χ3v) is 2.84. The topological polar surface area (TPSA) is 47.6 Å². The van der Waals surface area contributed by atoms with Gasteiger partial charge in [-0.25, -0.2) is 4.79 Å². The second-order valence-corrected chi connectivity index (χ2v) is 4.37. The first-order chi connectivity index (χ1) is 8.79. The minimum Gasteiger partial charge on any atom is -0.425 e. The van der Waals surface area contributed by atoms with Gasteiger partial charge in [-0.3, -0.25) is 0 Å². The number of hydrogen-bond acceptors (Lipinski definition) is 4. The fourth-order valence-corrected chi connectivity index (χ4v) is 1.86. The molecule has 1 heterocycles. The smallest absolute Gasteiger partial charge is 0.340 e. The summed E-state index contributed by atoms with van der Waals surface area (Å²) in [6.45, 7) is 3.71. The monoisotopic (exact) mass is 249 g/mol. The van der Waals surface area contributed by atoms with Crippen LogP contribution in [0.3, 0.4) is 0 Å². The van der Waals surface area contributed by atoms with Crippen molar-refractivity contribution in [2.75, 3.05) is 18.5 Å². The lowest BCUT2D eigenvalue weighted by Crippen LogP contribution is -2.24. The zero-order valence-corrected chi connectivity index (χ0v) is 10.6. The van der Waals surface area contributed by atoms with Crippen molar-refractivity contribution in [3.8, 4) is 5.75 Å². The van der Waals surface area contributed by atoms with Crippen molar-refractivity contribution in [3.63, 3.8) is 0 Å². The minimum absolute atomic E-state index is 0.290. The molecule has 0 bridgehead atoms. The van der Waals surface area contributed by atoms with Gasteiger partial charge in [0.1, 0.15) is 5.75 Å². The van der Waals surface area contributed by atoms with Gasteiger partial charge in [-0.05, 0) is 43.5 Å². The van der Waals surface area contributed by atoms with Gasteiger partial charge < -0.3 is 14.8 Å². The van der Waals surface area contributed by atoms with E-state index >= 15 is 0 Å². The summed E-state index contributed by atoms with van der Waals surface area (Å²) in [7, 11) is 0. The van der Waals surface area contributed by atoms with Gasteiger partial charge in [0.05, 0.1) is 0 Å². The van der Waals surface area contributed by atoms with Gasteiger partial charge in [0, 0.05) is 18.8 Å². The van der Waals surface area contributed by atoms with Crippen LogP contribution >= 0.6 is 0 Å². The van der Waals surface area contributed by atoms with E-state index in [1.165, 1.54) is 0 Å². The van der Waals surface area contributed by atoms with E-state index in [9.17, 15) is 4.79 Å². The summed E-state index contributed by atoms with van der Waals surface area (Å²) in [5.74, 6) is 0.277. The maximum atomic E-state index is 11.7. The van der Waals surface area contributed by atoms with Crippen LogP contribution in [-0.4, -0.2) is 25.2 Å². The summed E-state index contributed by atoms with van der Waals surface area (Å²) in [4.78, 5) is 11.7. The van der Waals surface area contributed by atoms with E-state index in [1.54, 1.807) is 12.1 Å². The van der Waals surface area contributed by atoms with Gasteiger partial charge in [-0.1, -0.05) is 6.92 Å². The number of esters is 1. The van der Waals surface area contributed by atoms with E-state index in [1.807, 2.05) is 12.1 Å². The molecule has 1 aliphatic rings. The Morgan fingerprint density at radius 1 is 1.44 bits per heavy atom. The molecule has 4 nitrogen and oxygen atoms in total. The summed E-state index contributed by atoms with van der Waals surface area (Å²) in [6.07, 6.45) is 2.38. The highest BCUT2D eigenvalue weighted by Crippen LogP contribution is 2.19. The number of nitrogens with one attached hydrogen (secondary N) is 1. The van der Waals surface area contributed by atoms with Crippen LogP contribution < -0.4 is 10.1 Å². The molecule has 4 heteroatoms. The molecule has 1 atom stereocenters. The molecule has 98 valence electrons. The molecule has 0 saturated carbocycles. The number of anilines is 1. The first-order valence-corrected chi connectivity index (χ1v) is 6.47. The van der Waals surface area contributed by atoms with Gasteiger partial charge in [0.15, 0.2) is 6.10 Å². The lowest BCUT2D eigenvalue weighted by atomic mass is 10.2. The summed E-state index contributed by atoms with van der Waals surface area (Å²) in [5, 5.41) is 3.26. The molecule has 1 aromatic carbocycles. The van der Waals surface area contributed by atoms with E-state index in [4.69, 9.17) is 9.47 Å². The first-order valence-electron chi connectivity index (χ1n) is 6.47. The predicted octanol–water partition coefficient (Wildman–Crippen LogP) is 2.59. The van der Waals surface area contributed by atoms with Gasteiger partial charge in [0.25, 0.3) is 0 Å². The molecule has 1 saturated heterocycles. The Bertz CT molecular complexity index is 383. The Labute approximate surface area is 107 Å². The van der Waals surface area contributed by atoms with Crippen LogP contribution in [0.25, 0.3) is 0 Å². The van der Waals surface area contributed by atoms with Crippen LogP contribution in [-0.2, 0) is 9.53 Å². The Kier molecular flexibility index (Phi) is 4.59. The average Bonchev–Trinajstić information content (AvgIpc) is 2.92. The maximum absolute atomic E-state index is 11.7. The maximum Gasteiger partial charge on any atom is 0.340 e. The molecule has 1 unspecified atom stereocenters. The molecule has 0 aliphatic carbocycles. The fourth-order valence-electron chi connectivity index (χ4n) is 1.86. The van der Waals surface area contributed by atoms with Crippen molar-refractivity contribution in [1.82, 2.24) is 0 Å². The molecule has 18 heavy (non-hydrogen) atoms. The molecule has 1 fully saturated rings. The third kappa shape index (κ3) is 3.47. The molecule has 0 aromatic heterocycles. The number of ether oxygens (including phenoxy) is 2. The average molecular weight is 249 g/mol. The van der Waals surface area contributed by atoms with Crippen LogP contribution in [0, 0.1) is 0 Å². The van der Waals surface area contributed by atoms with E-state index in [0.717, 1.165) is 31.5 Å². The molecule has 0 radical (unpaired) electrons. The number of hydrogen-bond donors (Lipinski definition) is 1. The van der Waals surface area contributed by atoms with E-state index in [2.05, 4.69) is 12.2 Å². The highest BCUT2D eigenvalue weighted by atomic mass is 16.6. The summed E-state index contributed by atoms with van der Waals surface area (Å²) in [5.41, 5.74) is 1.04. The lowest BCUT2D eigenvalue weighted by molar-refractivity contribution is -0.144. The van der Waals surface area contributed by atoms with E-state index in [0.29, 0.717) is 12.4 Å². The summed E-state index contributed by atoms with van der Waals surface area (Å²) >= 11 is 0. The highest BCUT2D eigenvalue weighted by molar-refractivity contribution is 5.77.